The fraction of sp³-hybridized carbons (Fsp3) is 1.00. The predicted octanol–water partition coefficient (Wildman–Crippen LogP) is 4.16. The second kappa shape index (κ2) is 9.38. The highest BCUT2D eigenvalue weighted by molar-refractivity contribution is 6.60. The Hall–Kier alpha value is 0.0569. The number of epoxide rings is 1. The molecule has 0 spiro atoms. The molecular formula is C17H34O4Si. The van der Waals surface area contributed by atoms with Gasteiger partial charge in [0, 0.05) is 26.4 Å². The molecule has 0 aromatic carbocycles. The number of hydrogen-bond donors (Lipinski definition) is 0. The van der Waals surface area contributed by atoms with Crippen molar-refractivity contribution in [2.75, 3.05) is 20.3 Å². The first-order valence-corrected chi connectivity index (χ1v) is 11.1. The molecule has 1 saturated heterocycles. The summed E-state index contributed by atoms with van der Waals surface area (Å²) in [4.78, 5) is 0. The zero-order valence-electron chi connectivity index (χ0n) is 14.6. The first-order chi connectivity index (χ1) is 10.7. The highest BCUT2D eigenvalue weighted by atomic mass is 28.4. The van der Waals surface area contributed by atoms with Gasteiger partial charge in [-0.15, -0.1) is 0 Å². The average Bonchev–Trinajstić information content (AvgIpc) is 3.31. The zero-order valence-corrected chi connectivity index (χ0v) is 15.6. The molecule has 0 amide bonds. The van der Waals surface area contributed by atoms with Crippen molar-refractivity contribution in [3.8, 4) is 0 Å². The Balaban J connectivity index is 1.80. The molecule has 2 fully saturated rings. The molecule has 2 aliphatic rings. The van der Waals surface area contributed by atoms with E-state index in [-0.39, 0.29) is 0 Å². The molecule has 1 saturated carbocycles. The van der Waals surface area contributed by atoms with Gasteiger partial charge in [0.2, 0.25) is 0 Å². The minimum atomic E-state index is -2.48. The summed E-state index contributed by atoms with van der Waals surface area (Å²) in [6.07, 6.45) is 10.5. The van der Waals surface area contributed by atoms with Gasteiger partial charge in [0.1, 0.15) is 0 Å². The Morgan fingerprint density at radius 3 is 2.23 bits per heavy atom. The van der Waals surface area contributed by atoms with Crippen molar-refractivity contribution in [3.63, 3.8) is 0 Å². The van der Waals surface area contributed by atoms with E-state index in [2.05, 4.69) is 13.8 Å². The summed E-state index contributed by atoms with van der Waals surface area (Å²) in [5.74, 6) is 0.760. The molecule has 1 aliphatic carbocycles. The predicted molar refractivity (Wildman–Crippen MR) is 89.9 cm³/mol. The van der Waals surface area contributed by atoms with E-state index >= 15 is 0 Å². The molecule has 0 radical (unpaired) electrons. The fourth-order valence-corrected chi connectivity index (χ4v) is 5.76. The first kappa shape index (κ1) is 18.4. The van der Waals surface area contributed by atoms with Crippen LogP contribution in [0.3, 0.4) is 0 Å². The Labute approximate surface area is 137 Å². The van der Waals surface area contributed by atoms with Crippen LogP contribution in [-0.4, -0.2) is 41.3 Å². The number of unbranched alkanes of at least 4 members (excludes halogenated alkanes) is 2. The van der Waals surface area contributed by atoms with Crippen molar-refractivity contribution in [1.82, 2.24) is 0 Å². The molecule has 3 atom stereocenters. The van der Waals surface area contributed by atoms with E-state index in [0.717, 1.165) is 57.3 Å². The van der Waals surface area contributed by atoms with E-state index in [1.54, 1.807) is 7.11 Å². The lowest BCUT2D eigenvalue weighted by molar-refractivity contribution is 0.0728. The molecule has 0 N–H and O–H groups in total. The lowest BCUT2D eigenvalue weighted by Crippen LogP contribution is -2.45. The Morgan fingerprint density at radius 2 is 1.68 bits per heavy atom. The SMILES string of the molecule is CCCCO[Si](CCC1CCC2OC2C1)(OC)OCCCC. The summed E-state index contributed by atoms with van der Waals surface area (Å²) >= 11 is 0. The summed E-state index contributed by atoms with van der Waals surface area (Å²) in [7, 11) is -0.708. The molecule has 22 heavy (non-hydrogen) atoms. The number of ether oxygens (including phenoxy) is 1. The van der Waals surface area contributed by atoms with Gasteiger partial charge in [0.15, 0.2) is 0 Å². The van der Waals surface area contributed by atoms with Crippen LogP contribution in [0.25, 0.3) is 0 Å². The smallest absolute Gasteiger partial charge is 0.377 e. The first-order valence-electron chi connectivity index (χ1n) is 9.21. The van der Waals surface area contributed by atoms with E-state index in [1.165, 1.54) is 19.3 Å². The Morgan fingerprint density at radius 1 is 1.00 bits per heavy atom. The van der Waals surface area contributed by atoms with Crippen LogP contribution >= 0.6 is 0 Å². The minimum Gasteiger partial charge on any atom is -0.377 e. The second-order valence-corrected chi connectivity index (χ2v) is 9.57. The summed E-state index contributed by atoms with van der Waals surface area (Å²) in [6.45, 7) is 5.90. The van der Waals surface area contributed by atoms with Gasteiger partial charge in [0.05, 0.1) is 12.2 Å². The van der Waals surface area contributed by atoms with Crippen LogP contribution in [0.15, 0.2) is 0 Å². The molecule has 1 aliphatic heterocycles. The fourth-order valence-electron chi connectivity index (χ4n) is 3.28. The molecule has 0 bridgehead atoms. The maximum atomic E-state index is 6.16. The van der Waals surface area contributed by atoms with Gasteiger partial charge in [-0.1, -0.05) is 26.7 Å². The molecule has 0 aromatic heterocycles. The van der Waals surface area contributed by atoms with Crippen LogP contribution in [0, 0.1) is 5.92 Å². The third-order valence-electron chi connectivity index (χ3n) is 4.92. The summed E-state index contributed by atoms with van der Waals surface area (Å²) in [5.41, 5.74) is 0. The molecule has 4 nitrogen and oxygen atoms in total. The van der Waals surface area contributed by atoms with Gasteiger partial charge >= 0.3 is 8.80 Å². The van der Waals surface area contributed by atoms with Gasteiger partial charge in [0.25, 0.3) is 0 Å². The lowest BCUT2D eigenvalue weighted by Gasteiger charge is -2.30. The molecule has 1 heterocycles. The highest BCUT2D eigenvalue weighted by Crippen LogP contribution is 2.41. The quantitative estimate of drug-likeness (QED) is 0.306. The third kappa shape index (κ3) is 5.60. The van der Waals surface area contributed by atoms with Gasteiger partial charge in [-0.3, -0.25) is 0 Å². The molecule has 3 unspecified atom stereocenters. The van der Waals surface area contributed by atoms with Crippen LogP contribution in [0.4, 0.5) is 0 Å². The largest absolute Gasteiger partial charge is 0.500 e. The lowest BCUT2D eigenvalue weighted by atomic mass is 9.88. The van der Waals surface area contributed by atoms with Crippen molar-refractivity contribution in [2.45, 2.75) is 83.5 Å². The van der Waals surface area contributed by atoms with Crippen LogP contribution < -0.4 is 0 Å². The van der Waals surface area contributed by atoms with E-state index in [4.69, 9.17) is 18.0 Å². The maximum Gasteiger partial charge on any atom is 0.500 e. The second-order valence-electron chi connectivity index (χ2n) is 6.72. The van der Waals surface area contributed by atoms with Crippen molar-refractivity contribution in [1.29, 1.82) is 0 Å². The van der Waals surface area contributed by atoms with E-state index in [9.17, 15) is 0 Å². The van der Waals surface area contributed by atoms with E-state index in [0.29, 0.717) is 12.2 Å². The molecule has 130 valence electrons. The van der Waals surface area contributed by atoms with E-state index < -0.39 is 8.80 Å². The van der Waals surface area contributed by atoms with Crippen molar-refractivity contribution >= 4 is 8.80 Å². The molecular weight excluding hydrogens is 296 g/mol. The Kier molecular flexibility index (Phi) is 7.84. The zero-order chi connectivity index (χ0) is 15.8. The summed E-state index contributed by atoms with van der Waals surface area (Å²) in [6, 6.07) is 0.957. The monoisotopic (exact) mass is 330 g/mol. The maximum absolute atomic E-state index is 6.16. The third-order valence-corrected chi connectivity index (χ3v) is 7.73. The van der Waals surface area contributed by atoms with Crippen LogP contribution in [0.5, 0.6) is 0 Å². The standard InChI is InChI=1S/C17H34O4Si/c1-4-6-11-19-22(18-3,20-12-7-5-2)13-10-15-8-9-16-17(14-15)21-16/h15-17H,4-14H2,1-3H3. The summed E-state index contributed by atoms with van der Waals surface area (Å²) < 4.78 is 23.8. The van der Waals surface area contributed by atoms with Gasteiger partial charge in [-0.25, -0.2) is 0 Å². The van der Waals surface area contributed by atoms with Crippen molar-refractivity contribution in [2.24, 2.45) is 5.92 Å². The van der Waals surface area contributed by atoms with E-state index in [1.807, 2.05) is 0 Å². The van der Waals surface area contributed by atoms with Gasteiger partial charge in [-0.2, -0.15) is 0 Å². The normalized spacial score (nSPS) is 27.7. The number of hydrogen-bond acceptors (Lipinski definition) is 4. The molecule has 2 rings (SSSR count). The Bertz CT molecular complexity index is 303. The van der Waals surface area contributed by atoms with Crippen LogP contribution in [-0.2, 0) is 18.0 Å². The van der Waals surface area contributed by atoms with Crippen LogP contribution in [0.2, 0.25) is 6.04 Å². The highest BCUT2D eigenvalue weighted by Gasteiger charge is 2.46. The molecule has 0 aromatic rings. The minimum absolute atomic E-state index is 0.555. The summed E-state index contributed by atoms with van der Waals surface area (Å²) in [5, 5.41) is 0. The average molecular weight is 331 g/mol. The van der Waals surface area contributed by atoms with Crippen molar-refractivity contribution < 1.29 is 18.0 Å². The topological polar surface area (TPSA) is 40.2 Å². The van der Waals surface area contributed by atoms with Crippen LogP contribution in [0.1, 0.15) is 65.2 Å². The van der Waals surface area contributed by atoms with Crippen molar-refractivity contribution in [3.05, 3.63) is 0 Å². The number of rotatable bonds is 12. The van der Waals surface area contributed by atoms with Gasteiger partial charge in [-0.05, 0) is 44.4 Å². The molecule has 5 heteroatoms. The number of fused-ring (bicyclic) bond motifs is 1. The van der Waals surface area contributed by atoms with Gasteiger partial charge < -0.3 is 18.0 Å².